The van der Waals surface area contributed by atoms with Crippen LogP contribution in [0.3, 0.4) is 0 Å². The second-order valence-corrected chi connectivity index (χ2v) is 9.50. The fraction of sp³-hybridized carbons (Fsp3) is 0.529. The van der Waals surface area contributed by atoms with E-state index >= 15 is 0 Å². The highest BCUT2D eigenvalue weighted by Crippen LogP contribution is 2.29. The van der Waals surface area contributed by atoms with Gasteiger partial charge in [0.2, 0.25) is 9.70 Å². The van der Waals surface area contributed by atoms with E-state index in [1.165, 1.54) is 6.42 Å². The molecule has 1 aromatic rings. The zero-order chi connectivity index (χ0) is 19.6. The molecule has 4 nitrogen and oxygen atoms in total. The molecule has 0 heterocycles. The van der Waals surface area contributed by atoms with Crippen molar-refractivity contribution in [2.45, 2.75) is 55.4 Å². The molecular formula is C17H23BrCl3N3OS. The van der Waals surface area contributed by atoms with E-state index in [4.69, 9.17) is 47.0 Å². The van der Waals surface area contributed by atoms with Gasteiger partial charge in [-0.25, -0.2) is 0 Å². The number of rotatable bonds is 9. The summed E-state index contributed by atoms with van der Waals surface area (Å²) in [6.45, 7) is 2.15. The van der Waals surface area contributed by atoms with Gasteiger partial charge in [0.25, 0.3) is 0 Å². The van der Waals surface area contributed by atoms with E-state index in [1.807, 2.05) is 24.3 Å². The van der Waals surface area contributed by atoms with Crippen LogP contribution < -0.4 is 16.0 Å². The molecule has 0 saturated heterocycles. The number of hydrogen-bond acceptors (Lipinski definition) is 2. The fourth-order valence-corrected chi connectivity index (χ4v) is 2.98. The van der Waals surface area contributed by atoms with E-state index in [1.54, 1.807) is 0 Å². The van der Waals surface area contributed by atoms with Crippen molar-refractivity contribution in [2.24, 2.45) is 0 Å². The molecule has 146 valence electrons. The summed E-state index contributed by atoms with van der Waals surface area (Å²) in [6.07, 6.45) is 4.72. The van der Waals surface area contributed by atoms with Gasteiger partial charge in [0.15, 0.2) is 5.11 Å². The average Bonchev–Trinajstić information content (AvgIpc) is 2.55. The first kappa shape index (κ1) is 23.8. The third-order valence-corrected chi connectivity index (χ3v) is 4.92. The summed E-state index contributed by atoms with van der Waals surface area (Å²) in [5.74, 6) is -0.184. The van der Waals surface area contributed by atoms with E-state index in [0.29, 0.717) is 6.42 Å². The van der Waals surface area contributed by atoms with Crippen molar-refractivity contribution >= 4 is 79.7 Å². The lowest BCUT2D eigenvalue weighted by atomic mass is 10.1. The second-order valence-electron chi connectivity index (χ2n) is 5.81. The van der Waals surface area contributed by atoms with Gasteiger partial charge in [-0.15, -0.1) is 0 Å². The fourth-order valence-electron chi connectivity index (χ4n) is 2.15. The van der Waals surface area contributed by atoms with Crippen LogP contribution in [0, 0.1) is 0 Å². The molecule has 0 aliphatic heterocycles. The SMILES string of the molecule is CCCCCCCC(=O)NC(NC(=S)Nc1ccc(Br)cc1)C(Cl)(Cl)Cl. The molecule has 1 aromatic carbocycles. The van der Waals surface area contributed by atoms with Crippen LogP contribution in [-0.2, 0) is 4.79 Å². The van der Waals surface area contributed by atoms with Gasteiger partial charge in [-0.05, 0) is 42.9 Å². The second kappa shape index (κ2) is 12.2. The number of nitrogens with one attached hydrogen (secondary N) is 3. The molecule has 0 aliphatic carbocycles. The van der Waals surface area contributed by atoms with Gasteiger partial charge in [0.1, 0.15) is 6.17 Å². The van der Waals surface area contributed by atoms with Crippen LogP contribution in [0.5, 0.6) is 0 Å². The lowest BCUT2D eigenvalue weighted by molar-refractivity contribution is -0.122. The van der Waals surface area contributed by atoms with Crippen LogP contribution >= 0.6 is 63.0 Å². The van der Waals surface area contributed by atoms with Gasteiger partial charge < -0.3 is 16.0 Å². The maximum Gasteiger partial charge on any atom is 0.228 e. The number of benzene rings is 1. The molecule has 0 radical (unpaired) electrons. The van der Waals surface area contributed by atoms with Gasteiger partial charge in [-0.1, -0.05) is 83.3 Å². The predicted octanol–water partition coefficient (Wildman–Crippen LogP) is 5.91. The number of amides is 1. The van der Waals surface area contributed by atoms with Crippen molar-refractivity contribution in [1.29, 1.82) is 0 Å². The first-order valence-corrected chi connectivity index (χ1v) is 10.7. The maximum atomic E-state index is 12.1. The highest BCUT2D eigenvalue weighted by atomic mass is 79.9. The van der Waals surface area contributed by atoms with Gasteiger partial charge in [0, 0.05) is 16.6 Å². The van der Waals surface area contributed by atoms with Crippen molar-refractivity contribution in [3.63, 3.8) is 0 Å². The number of hydrogen-bond donors (Lipinski definition) is 3. The molecule has 0 bridgehead atoms. The number of carbonyl (C=O) groups is 1. The number of carbonyl (C=O) groups excluding carboxylic acids is 1. The summed E-state index contributed by atoms with van der Waals surface area (Å²) >= 11 is 26.5. The van der Waals surface area contributed by atoms with Crippen LogP contribution in [0.2, 0.25) is 0 Å². The van der Waals surface area contributed by atoms with Crippen LogP contribution in [0.25, 0.3) is 0 Å². The summed E-state index contributed by atoms with van der Waals surface area (Å²) < 4.78 is -0.796. The van der Waals surface area contributed by atoms with E-state index in [9.17, 15) is 4.79 Å². The minimum absolute atomic E-state index is 0.184. The molecular weight excluding hydrogens is 481 g/mol. The van der Waals surface area contributed by atoms with Crippen molar-refractivity contribution in [3.8, 4) is 0 Å². The molecule has 1 unspecified atom stereocenters. The molecule has 0 aromatic heterocycles. The summed E-state index contributed by atoms with van der Waals surface area (Å²) in [5, 5.41) is 8.76. The van der Waals surface area contributed by atoms with Crippen molar-refractivity contribution in [3.05, 3.63) is 28.7 Å². The number of alkyl halides is 3. The van der Waals surface area contributed by atoms with E-state index < -0.39 is 9.96 Å². The number of anilines is 1. The smallest absolute Gasteiger partial charge is 0.228 e. The van der Waals surface area contributed by atoms with Crippen molar-refractivity contribution in [1.82, 2.24) is 10.6 Å². The molecule has 0 aliphatic rings. The van der Waals surface area contributed by atoms with Crippen LogP contribution in [-0.4, -0.2) is 21.0 Å². The molecule has 26 heavy (non-hydrogen) atoms. The molecule has 0 saturated carbocycles. The monoisotopic (exact) mass is 501 g/mol. The van der Waals surface area contributed by atoms with Crippen LogP contribution in [0.15, 0.2) is 28.7 Å². The Balaban J connectivity index is 2.51. The Morgan fingerprint density at radius 3 is 2.31 bits per heavy atom. The lowest BCUT2D eigenvalue weighted by Gasteiger charge is -2.27. The summed E-state index contributed by atoms with van der Waals surface area (Å²) in [7, 11) is 0. The van der Waals surface area contributed by atoms with Gasteiger partial charge >= 0.3 is 0 Å². The van der Waals surface area contributed by atoms with Gasteiger partial charge in [-0.2, -0.15) is 0 Å². The average molecular weight is 504 g/mol. The molecule has 3 N–H and O–H groups in total. The van der Waals surface area contributed by atoms with Crippen LogP contribution in [0.1, 0.15) is 45.4 Å². The van der Waals surface area contributed by atoms with Crippen LogP contribution in [0.4, 0.5) is 5.69 Å². The summed E-state index contributed by atoms with van der Waals surface area (Å²) in [4.78, 5) is 12.1. The summed E-state index contributed by atoms with van der Waals surface area (Å²) in [6, 6.07) is 7.43. The quantitative estimate of drug-likeness (QED) is 0.170. The van der Waals surface area contributed by atoms with E-state index in [2.05, 4.69) is 38.8 Å². The molecule has 9 heteroatoms. The zero-order valence-electron chi connectivity index (χ0n) is 14.5. The van der Waals surface area contributed by atoms with E-state index in [0.717, 1.165) is 35.8 Å². The van der Waals surface area contributed by atoms with Crippen molar-refractivity contribution in [2.75, 3.05) is 5.32 Å². The number of thiocarbonyl (C=S) groups is 1. The number of halogens is 4. The third kappa shape index (κ3) is 10.2. The Morgan fingerprint density at radius 2 is 1.73 bits per heavy atom. The Labute approximate surface area is 183 Å². The predicted molar refractivity (Wildman–Crippen MR) is 119 cm³/mol. The van der Waals surface area contributed by atoms with Crippen molar-refractivity contribution < 1.29 is 4.79 Å². The summed E-state index contributed by atoms with van der Waals surface area (Å²) in [5.41, 5.74) is 0.774. The standard InChI is InChI=1S/C17H23BrCl3N3OS/c1-2-3-4-5-6-7-14(25)23-15(17(19,20)21)24-16(26)22-13-10-8-12(18)9-11-13/h8-11,15H,2-7H2,1H3,(H,23,25)(H2,22,24,26). The molecule has 0 fully saturated rings. The van der Waals surface area contributed by atoms with Gasteiger partial charge in [-0.3, -0.25) is 4.79 Å². The molecule has 0 spiro atoms. The van der Waals surface area contributed by atoms with Gasteiger partial charge in [0.05, 0.1) is 0 Å². The number of unbranched alkanes of at least 4 members (excludes halogenated alkanes) is 4. The maximum absolute atomic E-state index is 12.1. The van der Waals surface area contributed by atoms with E-state index in [-0.39, 0.29) is 11.0 Å². The largest absolute Gasteiger partial charge is 0.339 e. The zero-order valence-corrected chi connectivity index (χ0v) is 19.1. The Morgan fingerprint density at radius 1 is 1.12 bits per heavy atom. The Hall–Kier alpha value is -0.270. The minimum atomic E-state index is -1.75. The Kier molecular flexibility index (Phi) is 11.2. The highest BCUT2D eigenvalue weighted by Gasteiger charge is 2.34. The lowest BCUT2D eigenvalue weighted by Crippen LogP contribution is -2.56. The molecule has 1 atom stereocenters. The first-order chi connectivity index (χ1) is 12.2. The highest BCUT2D eigenvalue weighted by molar-refractivity contribution is 9.10. The minimum Gasteiger partial charge on any atom is -0.339 e. The topological polar surface area (TPSA) is 53.2 Å². The molecule has 1 rings (SSSR count). The Bertz CT molecular complexity index is 582. The normalized spacial score (nSPS) is 12.3. The third-order valence-electron chi connectivity index (χ3n) is 3.52. The first-order valence-electron chi connectivity index (χ1n) is 8.41. The molecule has 1 amide bonds.